The molecule has 19 heavy (non-hydrogen) atoms. The van der Waals surface area contributed by atoms with Gasteiger partial charge in [-0.25, -0.2) is 13.2 Å². The summed E-state index contributed by atoms with van der Waals surface area (Å²) in [5.74, 6) is -3.13. The van der Waals surface area contributed by atoms with Gasteiger partial charge in [0.2, 0.25) is 0 Å². The molecule has 0 bridgehead atoms. The Morgan fingerprint density at radius 2 is 1.53 bits per heavy atom. The van der Waals surface area contributed by atoms with Crippen LogP contribution in [-0.2, 0) is 6.42 Å². The Morgan fingerprint density at radius 1 is 0.947 bits per heavy atom. The topological polar surface area (TPSA) is 0 Å². The molecule has 0 aliphatic rings. The maximum atomic E-state index is 13.6. The van der Waals surface area contributed by atoms with E-state index in [2.05, 4.69) is 0 Å². The Bertz CT molecular complexity index is 579. The maximum Gasteiger partial charge on any atom is 0.161 e. The molecule has 100 valence electrons. The molecule has 2 rings (SSSR count). The zero-order chi connectivity index (χ0) is 14.0. The van der Waals surface area contributed by atoms with E-state index in [1.54, 1.807) is 0 Å². The van der Waals surface area contributed by atoms with Crippen molar-refractivity contribution in [1.82, 2.24) is 0 Å². The minimum absolute atomic E-state index is 0.0267. The smallest absolute Gasteiger partial charge is 0.161 e. The monoisotopic (exact) mass is 284 g/mol. The molecular formula is C15H12ClF3. The summed E-state index contributed by atoms with van der Waals surface area (Å²) in [6.07, 6.45) is 0.351. The lowest BCUT2D eigenvalue weighted by molar-refractivity contribution is 0.489. The predicted octanol–water partition coefficient (Wildman–Crippen LogP) is 4.93. The Labute approximate surface area is 114 Å². The van der Waals surface area contributed by atoms with Crippen LogP contribution < -0.4 is 0 Å². The largest absolute Gasteiger partial charge is 0.207 e. The molecule has 2 aromatic carbocycles. The van der Waals surface area contributed by atoms with Crippen molar-refractivity contribution in [3.63, 3.8) is 0 Å². The second-order valence-corrected chi connectivity index (χ2v) is 4.97. The van der Waals surface area contributed by atoms with Gasteiger partial charge in [-0.1, -0.05) is 29.8 Å². The minimum atomic E-state index is -1.21. The summed E-state index contributed by atoms with van der Waals surface area (Å²) in [4.78, 5) is 0. The van der Waals surface area contributed by atoms with Crippen molar-refractivity contribution >= 4 is 11.6 Å². The average molecular weight is 285 g/mol. The number of halogens is 4. The highest BCUT2D eigenvalue weighted by atomic mass is 35.5. The van der Waals surface area contributed by atoms with Crippen molar-refractivity contribution in [3.8, 4) is 0 Å². The quantitative estimate of drug-likeness (QED) is 0.553. The highest BCUT2D eigenvalue weighted by Gasteiger charge is 2.17. The first kappa shape index (κ1) is 13.9. The van der Waals surface area contributed by atoms with Crippen LogP contribution in [-0.4, -0.2) is 0 Å². The third-order valence-corrected chi connectivity index (χ3v) is 3.30. The van der Waals surface area contributed by atoms with E-state index in [0.29, 0.717) is 12.5 Å². The first-order chi connectivity index (χ1) is 8.97. The van der Waals surface area contributed by atoms with Crippen molar-refractivity contribution in [2.45, 2.75) is 18.7 Å². The van der Waals surface area contributed by atoms with E-state index in [-0.39, 0.29) is 5.56 Å². The molecule has 0 saturated carbocycles. The van der Waals surface area contributed by atoms with Gasteiger partial charge in [0, 0.05) is 11.6 Å². The summed E-state index contributed by atoms with van der Waals surface area (Å²) in [6.45, 7) is 1.96. The van der Waals surface area contributed by atoms with Gasteiger partial charge in [-0.05, 0) is 25.0 Å². The third kappa shape index (κ3) is 3.29. The van der Waals surface area contributed by atoms with E-state index in [4.69, 9.17) is 11.6 Å². The zero-order valence-electron chi connectivity index (χ0n) is 10.3. The summed E-state index contributed by atoms with van der Waals surface area (Å²) < 4.78 is 39.5. The minimum Gasteiger partial charge on any atom is -0.207 e. The Morgan fingerprint density at radius 3 is 2.16 bits per heavy atom. The van der Waals surface area contributed by atoms with E-state index in [0.717, 1.165) is 17.2 Å². The number of alkyl halides is 1. The summed E-state index contributed by atoms with van der Waals surface area (Å²) in [5, 5.41) is -0.738. The van der Waals surface area contributed by atoms with Crippen LogP contribution in [0.15, 0.2) is 36.4 Å². The lowest BCUT2D eigenvalue weighted by Crippen LogP contribution is -2.01. The fourth-order valence-electron chi connectivity index (χ4n) is 1.82. The standard InChI is InChI=1S/C15H12ClF3/c1-9-2-4-10(5-3-9)6-12(16)11-7-14(18)15(19)8-13(11)17/h2-5,7-8,12H,6H2,1H3. The molecule has 0 aliphatic carbocycles. The van der Waals surface area contributed by atoms with Crippen LogP contribution in [0.25, 0.3) is 0 Å². The Balaban J connectivity index is 2.22. The molecule has 1 atom stereocenters. The second kappa shape index (κ2) is 5.66. The van der Waals surface area contributed by atoms with Crippen molar-refractivity contribution in [1.29, 1.82) is 0 Å². The van der Waals surface area contributed by atoms with Crippen molar-refractivity contribution in [2.24, 2.45) is 0 Å². The summed E-state index contributed by atoms with van der Waals surface area (Å²) in [7, 11) is 0. The molecule has 0 amide bonds. The Kier molecular flexibility index (Phi) is 4.15. The van der Waals surface area contributed by atoms with Crippen LogP contribution in [0.1, 0.15) is 22.1 Å². The van der Waals surface area contributed by atoms with Crippen LogP contribution in [0, 0.1) is 24.4 Å². The van der Waals surface area contributed by atoms with Gasteiger partial charge in [-0.2, -0.15) is 0 Å². The van der Waals surface area contributed by atoms with Crippen molar-refractivity contribution in [3.05, 3.63) is 70.5 Å². The molecule has 0 aliphatic heterocycles. The predicted molar refractivity (Wildman–Crippen MR) is 69.8 cm³/mol. The molecule has 0 nitrogen and oxygen atoms in total. The van der Waals surface area contributed by atoms with Gasteiger partial charge in [0.05, 0.1) is 5.38 Å². The maximum absolute atomic E-state index is 13.6. The summed E-state index contributed by atoms with van der Waals surface area (Å²) in [5.41, 5.74) is 1.99. The number of benzene rings is 2. The van der Waals surface area contributed by atoms with Gasteiger partial charge in [0.25, 0.3) is 0 Å². The molecule has 0 radical (unpaired) electrons. The average Bonchev–Trinajstić information content (AvgIpc) is 2.36. The van der Waals surface area contributed by atoms with Crippen LogP contribution in [0.2, 0.25) is 0 Å². The van der Waals surface area contributed by atoms with E-state index in [1.165, 1.54) is 0 Å². The number of aryl methyl sites for hydroxylation is 1. The van der Waals surface area contributed by atoms with E-state index < -0.39 is 22.8 Å². The van der Waals surface area contributed by atoms with Crippen LogP contribution in [0.5, 0.6) is 0 Å². The summed E-state index contributed by atoms with van der Waals surface area (Å²) >= 11 is 6.08. The number of hydrogen-bond acceptors (Lipinski definition) is 0. The van der Waals surface area contributed by atoms with E-state index in [1.807, 2.05) is 31.2 Å². The highest BCUT2D eigenvalue weighted by Crippen LogP contribution is 2.28. The summed E-state index contributed by atoms with van der Waals surface area (Å²) in [6, 6.07) is 8.93. The van der Waals surface area contributed by atoms with Gasteiger partial charge in [-0.15, -0.1) is 11.6 Å². The van der Waals surface area contributed by atoms with E-state index in [9.17, 15) is 13.2 Å². The molecule has 0 spiro atoms. The van der Waals surface area contributed by atoms with Crippen molar-refractivity contribution in [2.75, 3.05) is 0 Å². The fraction of sp³-hybridized carbons (Fsp3) is 0.200. The van der Waals surface area contributed by atoms with Crippen LogP contribution in [0.4, 0.5) is 13.2 Å². The second-order valence-electron chi connectivity index (χ2n) is 4.45. The first-order valence-electron chi connectivity index (χ1n) is 5.81. The molecule has 0 fully saturated rings. The molecule has 4 heteroatoms. The zero-order valence-corrected chi connectivity index (χ0v) is 11.0. The molecule has 2 aromatic rings. The highest BCUT2D eigenvalue weighted by molar-refractivity contribution is 6.20. The SMILES string of the molecule is Cc1ccc(CC(Cl)c2cc(F)c(F)cc2F)cc1. The molecule has 0 N–H and O–H groups in total. The van der Waals surface area contributed by atoms with Crippen LogP contribution in [0.3, 0.4) is 0 Å². The molecule has 0 saturated heterocycles. The normalized spacial score (nSPS) is 12.5. The van der Waals surface area contributed by atoms with Gasteiger partial charge in [0.15, 0.2) is 11.6 Å². The lowest BCUT2D eigenvalue weighted by Gasteiger charge is -2.11. The van der Waals surface area contributed by atoms with Gasteiger partial charge in [0.1, 0.15) is 5.82 Å². The van der Waals surface area contributed by atoms with Gasteiger partial charge < -0.3 is 0 Å². The number of hydrogen-bond donors (Lipinski definition) is 0. The third-order valence-electron chi connectivity index (χ3n) is 2.91. The Hall–Kier alpha value is -1.48. The molecule has 0 aromatic heterocycles. The van der Waals surface area contributed by atoms with Gasteiger partial charge in [-0.3, -0.25) is 0 Å². The van der Waals surface area contributed by atoms with Crippen molar-refractivity contribution < 1.29 is 13.2 Å². The molecular weight excluding hydrogens is 273 g/mol. The fourth-order valence-corrected chi connectivity index (χ4v) is 2.16. The first-order valence-corrected chi connectivity index (χ1v) is 6.25. The molecule has 1 unspecified atom stereocenters. The number of rotatable bonds is 3. The lowest BCUT2D eigenvalue weighted by atomic mass is 10.0. The van der Waals surface area contributed by atoms with Gasteiger partial charge >= 0.3 is 0 Å². The van der Waals surface area contributed by atoms with E-state index >= 15 is 0 Å². The van der Waals surface area contributed by atoms with Crippen LogP contribution >= 0.6 is 11.6 Å². The molecule has 0 heterocycles.